The van der Waals surface area contributed by atoms with Crippen molar-refractivity contribution >= 4 is 23.4 Å². The van der Waals surface area contributed by atoms with Crippen LogP contribution in [0.1, 0.15) is 27.6 Å². The Bertz CT molecular complexity index is 580. The topological polar surface area (TPSA) is 9.23 Å². The minimum absolute atomic E-state index is 0.0955. The summed E-state index contributed by atoms with van der Waals surface area (Å²) in [6, 6.07) is 14.8. The average molecular weight is 291 g/mol. The molecule has 3 rings (SSSR count). The first-order valence-corrected chi connectivity index (χ1v) is 7.91. The van der Waals surface area contributed by atoms with Crippen molar-refractivity contribution in [2.75, 3.05) is 6.26 Å². The Morgan fingerprint density at radius 2 is 1.68 bits per heavy atom. The van der Waals surface area contributed by atoms with E-state index in [4.69, 9.17) is 16.3 Å². The lowest BCUT2D eigenvalue weighted by molar-refractivity contribution is 0.134. The molecule has 0 spiro atoms. The van der Waals surface area contributed by atoms with Crippen molar-refractivity contribution in [2.45, 2.75) is 23.5 Å². The predicted octanol–water partition coefficient (Wildman–Crippen LogP) is 4.77. The lowest BCUT2D eigenvalue weighted by Crippen LogP contribution is -1.95. The molecule has 0 bridgehead atoms. The smallest absolute Gasteiger partial charge is 0.0835 e. The number of hydrogen-bond acceptors (Lipinski definition) is 2. The zero-order valence-corrected chi connectivity index (χ0v) is 12.3. The van der Waals surface area contributed by atoms with Crippen LogP contribution < -0.4 is 0 Å². The second kappa shape index (κ2) is 5.58. The molecule has 0 radical (unpaired) electrons. The van der Waals surface area contributed by atoms with Crippen molar-refractivity contribution in [3.05, 3.63) is 64.7 Å². The molecule has 2 aromatic carbocycles. The van der Waals surface area contributed by atoms with Crippen molar-refractivity contribution in [3.63, 3.8) is 0 Å². The van der Waals surface area contributed by atoms with Crippen LogP contribution >= 0.6 is 23.4 Å². The van der Waals surface area contributed by atoms with Gasteiger partial charge in [0.15, 0.2) is 0 Å². The highest BCUT2D eigenvalue weighted by molar-refractivity contribution is 7.98. The Morgan fingerprint density at radius 1 is 1.00 bits per heavy atom. The summed E-state index contributed by atoms with van der Waals surface area (Å²) in [4.78, 5) is 1.26. The molecule has 0 fully saturated rings. The third-order valence-corrected chi connectivity index (χ3v) is 4.69. The minimum Gasteiger partial charge on any atom is -0.372 e. The first-order valence-electron chi connectivity index (χ1n) is 6.25. The van der Waals surface area contributed by atoms with Gasteiger partial charge in [-0.05, 0) is 40.6 Å². The third-order valence-electron chi connectivity index (χ3n) is 3.45. The molecule has 0 aliphatic carbocycles. The number of benzene rings is 2. The molecule has 98 valence electrons. The lowest BCUT2D eigenvalue weighted by atomic mass is 10.0. The summed E-state index contributed by atoms with van der Waals surface area (Å²) in [6.45, 7) is 1.43. The van der Waals surface area contributed by atoms with E-state index >= 15 is 0 Å². The number of alkyl halides is 1. The van der Waals surface area contributed by atoms with Gasteiger partial charge in [0.1, 0.15) is 0 Å². The molecule has 2 aromatic rings. The van der Waals surface area contributed by atoms with Gasteiger partial charge in [0.05, 0.1) is 18.6 Å². The number of fused-ring (bicyclic) bond motifs is 1. The fourth-order valence-electron chi connectivity index (χ4n) is 2.31. The van der Waals surface area contributed by atoms with E-state index in [0.29, 0.717) is 6.61 Å². The van der Waals surface area contributed by atoms with E-state index in [1.807, 2.05) is 0 Å². The molecule has 0 amide bonds. The van der Waals surface area contributed by atoms with Crippen LogP contribution in [0.3, 0.4) is 0 Å². The van der Waals surface area contributed by atoms with Crippen molar-refractivity contribution in [2.24, 2.45) is 0 Å². The van der Waals surface area contributed by atoms with Crippen LogP contribution in [-0.2, 0) is 18.0 Å². The van der Waals surface area contributed by atoms with E-state index in [-0.39, 0.29) is 5.38 Å². The van der Waals surface area contributed by atoms with Crippen LogP contribution in [0.25, 0.3) is 0 Å². The van der Waals surface area contributed by atoms with Gasteiger partial charge in [0.2, 0.25) is 0 Å². The Labute approximate surface area is 122 Å². The number of hydrogen-bond donors (Lipinski definition) is 0. The SMILES string of the molecule is CSc1ccc(C(Cl)c2ccc3c(c2)COC3)cc1. The number of ether oxygens (including phenoxy) is 1. The maximum atomic E-state index is 6.58. The van der Waals surface area contributed by atoms with Crippen LogP contribution in [0.15, 0.2) is 47.4 Å². The fraction of sp³-hybridized carbons (Fsp3) is 0.250. The highest BCUT2D eigenvalue weighted by Crippen LogP contribution is 2.32. The molecule has 0 N–H and O–H groups in total. The molecule has 1 heterocycles. The van der Waals surface area contributed by atoms with Crippen LogP contribution in [0.5, 0.6) is 0 Å². The van der Waals surface area contributed by atoms with Gasteiger partial charge in [-0.3, -0.25) is 0 Å². The highest BCUT2D eigenvalue weighted by atomic mass is 35.5. The molecule has 0 aromatic heterocycles. The Morgan fingerprint density at radius 3 is 2.42 bits per heavy atom. The van der Waals surface area contributed by atoms with Gasteiger partial charge < -0.3 is 4.74 Å². The Hall–Kier alpha value is -0.960. The van der Waals surface area contributed by atoms with Crippen LogP contribution in [-0.4, -0.2) is 6.26 Å². The third kappa shape index (κ3) is 2.66. The predicted molar refractivity (Wildman–Crippen MR) is 80.9 cm³/mol. The van der Waals surface area contributed by atoms with E-state index < -0.39 is 0 Å². The fourth-order valence-corrected chi connectivity index (χ4v) is 3.00. The minimum atomic E-state index is -0.0955. The van der Waals surface area contributed by atoms with E-state index in [1.165, 1.54) is 16.0 Å². The normalized spacial score (nSPS) is 15.3. The number of thioether (sulfide) groups is 1. The van der Waals surface area contributed by atoms with Gasteiger partial charge in [-0.15, -0.1) is 23.4 Å². The standard InChI is InChI=1S/C16H15ClOS/c1-19-15-6-4-11(5-7-15)16(17)12-2-3-13-9-18-10-14(13)8-12/h2-8,16H,9-10H2,1H3. The molecule has 1 atom stereocenters. The van der Waals surface area contributed by atoms with Crippen LogP contribution in [0.4, 0.5) is 0 Å². The van der Waals surface area contributed by atoms with E-state index in [2.05, 4.69) is 48.7 Å². The lowest BCUT2D eigenvalue weighted by Gasteiger charge is -2.12. The van der Waals surface area contributed by atoms with E-state index in [0.717, 1.165) is 17.7 Å². The Kier molecular flexibility index (Phi) is 3.83. The first kappa shape index (κ1) is 13.0. The zero-order chi connectivity index (χ0) is 13.2. The van der Waals surface area contributed by atoms with Crippen molar-refractivity contribution in [3.8, 4) is 0 Å². The van der Waals surface area contributed by atoms with E-state index in [9.17, 15) is 0 Å². The molecule has 1 nitrogen and oxygen atoms in total. The summed E-state index contributed by atoms with van der Waals surface area (Å²) >= 11 is 8.32. The van der Waals surface area contributed by atoms with Gasteiger partial charge in [0.25, 0.3) is 0 Å². The zero-order valence-electron chi connectivity index (χ0n) is 10.7. The van der Waals surface area contributed by atoms with E-state index in [1.54, 1.807) is 11.8 Å². The van der Waals surface area contributed by atoms with Crippen LogP contribution in [0.2, 0.25) is 0 Å². The van der Waals surface area contributed by atoms with Crippen LogP contribution in [0, 0.1) is 0 Å². The maximum absolute atomic E-state index is 6.58. The summed E-state index contributed by atoms with van der Waals surface area (Å²) in [7, 11) is 0. The van der Waals surface area contributed by atoms with Gasteiger partial charge in [0, 0.05) is 4.90 Å². The second-order valence-corrected chi connectivity index (χ2v) is 5.97. The number of rotatable bonds is 3. The van der Waals surface area contributed by atoms with Crippen molar-refractivity contribution in [1.29, 1.82) is 0 Å². The maximum Gasteiger partial charge on any atom is 0.0835 e. The summed E-state index contributed by atoms with van der Waals surface area (Å²) in [5.74, 6) is 0. The summed E-state index contributed by atoms with van der Waals surface area (Å²) < 4.78 is 5.44. The number of halogens is 1. The molecule has 19 heavy (non-hydrogen) atoms. The van der Waals surface area contributed by atoms with Gasteiger partial charge in [-0.2, -0.15) is 0 Å². The van der Waals surface area contributed by atoms with Crippen molar-refractivity contribution in [1.82, 2.24) is 0 Å². The van der Waals surface area contributed by atoms with Gasteiger partial charge >= 0.3 is 0 Å². The van der Waals surface area contributed by atoms with Gasteiger partial charge in [-0.25, -0.2) is 0 Å². The second-order valence-electron chi connectivity index (χ2n) is 4.66. The molecule has 1 aliphatic rings. The van der Waals surface area contributed by atoms with Crippen molar-refractivity contribution < 1.29 is 4.74 Å². The first-order chi connectivity index (χ1) is 9.28. The molecular formula is C16H15ClOS. The molecule has 0 saturated heterocycles. The Balaban J connectivity index is 1.88. The molecule has 1 aliphatic heterocycles. The highest BCUT2D eigenvalue weighted by Gasteiger charge is 2.16. The summed E-state index contributed by atoms with van der Waals surface area (Å²) in [5.41, 5.74) is 4.83. The average Bonchev–Trinajstić information content (AvgIpc) is 2.94. The molecular weight excluding hydrogens is 276 g/mol. The van der Waals surface area contributed by atoms with Gasteiger partial charge in [-0.1, -0.05) is 30.3 Å². The largest absolute Gasteiger partial charge is 0.372 e. The monoisotopic (exact) mass is 290 g/mol. The molecule has 3 heteroatoms. The summed E-state index contributed by atoms with van der Waals surface area (Å²) in [5, 5.41) is -0.0955. The molecule has 0 saturated carbocycles. The summed E-state index contributed by atoms with van der Waals surface area (Å²) in [6.07, 6.45) is 2.08. The quantitative estimate of drug-likeness (QED) is 0.595. The molecule has 1 unspecified atom stereocenters.